The summed E-state index contributed by atoms with van der Waals surface area (Å²) in [5, 5.41) is 6.31. The second-order valence-electron chi connectivity index (χ2n) is 3.81. The van der Waals surface area contributed by atoms with Crippen molar-refractivity contribution in [2.24, 2.45) is 0 Å². The van der Waals surface area contributed by atoms with E-state index in [0.29, 0.717) is 0 Å². The number of aromatic nitrogens is 2. The first-order chi connectivity index (χ1) is 8.29. The Kier molecular flexibility index (Phi) is 3.55. The van der Waals surface area contributed by atoms with E-state index in [9.17, 15) is 0 Å². The molecule has 0 bridgehead atoms. The Bertz CT molecular complexity index is 496. The van der Waals surface area contributed by atoms with E-state index < -0.39 is 0 Å². The lowest BCUT2D eigenvalue weighted by Crippen LogP contribution is -2.04. The molecule has 0 fully saturated rings. The second-order valence-corrected chi connectivity index (χ2v) is 3.81. The van der Waals surface area contributed by atoms with Crippen molar-refractivity contribution >= 4 is 11.6 Å². The Labute approximate surface area is 101 Å². The van der Waals surface area contributed by atoms with Gasteiger partial charge in [0.25, 0.3) is 0 Å². The lowest BCUT2D eigenvalue weighted by atomic mass is 10.1. The number of anilines is 2. The normalized spacial score (nSPS) is 10.0. The summed E-state index contributed by atoms with van der Waals surface area (Å²) >= 11 is 0. The molecule has 0 unspecified atom stereocenters. The fraction of sp³-hybridized carbons (Fsp3) is 0.231. The van der Waals surface area contributed by atoms with Gasteiger partial charge in [0, 0.05) is 26.0 Å². The molecule has 0 aliphatic heterocycles. The highest BCUT2D eigenvalue weighted by molar-refractivity contribution is 5.45. The minimum absolute atomic E-state index is 0.758. The summed E-state index contributed by atoms with van der Waals surface area (Å²) in [6.07, 6.45) is 3.68. The molecule has 0 aliphatic rings. The third kappa shape index (κ3) is 2.93. The van der Waals surface area contributed by atoms with Gasteiger partial charge in [-0.25, -0.2) is 4.98 Å². The van der Waals surface area contributed by atoms with Crippen LogP contribution in [0.15, 0.2) is 36.7 Å². The van der Waals surface area contributed by atoms with Crippen molar-refractivity contribution in [3.8, 4) is 0 Å². The first kappa shape index (κ1) is 11.4. The molecule has 2 aromatic heterocycles. The summed E-state index contributed by atoms with van der Waals surface area (Å²) in [5.74, 6) is 1.73. The van der Waals surface area contributed by atoms with Crippen LogP contribution in [0.5, 0.6) is 0 Å². The Morgan fingerprint density at radius 2 is 2.00 bits per heavy atom. The monoisotopic (exact) mass is 228 g/mol. The number of aryl methyl sites for hydroxylation is 1. The van der Waals surface area contributed by atoms with Crippen molar-refractivity contribution in [2.75, 3.05) is 17.7 Å². The van der Waals surface area contributed by atoms with Gasteiger partial charge in [-0.05, 0) is 36.2 Å². The molecule has 0 spiro atoms. The van der Waals surface area contributed by atoms with Gasteiger partial charge in [0.05, 0.1) is 0 Å². The predicted octanol–water partition coefficient (Wildman–Crippen LogP) is 2.44. The molecule has 0 atom stereocenters. The first-order valence-electron chi connectivity index (χ1n) is 5.58. The van der Waals surface area contributed by atoms with Gasteiger partial charge in [-0.2, -0.15) is 0 Å². The second kappa shape index (κ2) is 5.30. The Morgan fingerprint density at radius 1 is 1.18 bits per heavy atom. The van der Waals surface area contributed by atoms with E-state index in [1.165, 1.54) is 11.1 Å². The van der Waals surface area contributed by atoms with Crippen molar-refractivity contribution in [3.63, 3.8) is 0 Å². The molecule has 2 heterocycles. The van der Waals surface area contributed by atoms with E-state index in [-0.39, 0.29) is 0 Å². The maximum absolute atomic E-state index is 4.40. The van der Waals surface area contributed by atoms with Crippen LogP contribution in [0.3, 0.4) is 0 Å². The molecule has 17 heavy (non-hydrogen) atoms. The molecule has 2 N–H and O–H groups in total. The van der Waals surface area contributed by atoms with E-state index in [1.807, 2.05) is 43.7 Å². The van der Waals surface area contributed by atoms with Gasteiger partial charge in [0.1, 0.15) is 11.6 Å². The van der Waals surface area contributed by atoms with Crippen LogP contribution in [0.2, 0.25) is 0 Å². The molecule has 2 aromatic rings. The summed E-state index contributed by atoms with van der Waals surface area (Å²) in [6.45, 7) is 2.82. The van der Waals surface area contributed by atoms with Crippen molar-refractivity contribution in [1.29, 1.82) is 0 Å². The molecule has 4 heteroatoms. The molecule has 4 nitrogen and oxygen atoms in total. The van der Waals surface area contributed by atoms with Crippen LogP contribution in [-0.2, 0) is 6.54 Å². The van der Waals surface area contributed by atoms with Gasteiger partial charge in [-0.3, -0.25) is 4.98 Å². The van der Waals surface area contributed by atoms with Crippen LogP contribution in [0.4, 0.5) is 11.6 Å². The smallest absolute Gasteiger partial charge is 0.128 e. The highest BCUT2D eigenvalue weighted by atomic mass is 15.0. The van der Waals surface area contributed by atoms with Gasteiger partial charge in [-0.1, -0.05) is 6.07 Å². The average molecular weight is 228 g/mol. The average Bonchev–Trinajstić information content (AvgIpc) is 2.38. The van der Waals surface area contributed by atoms with Crippen molar-refractivity contribution in [3.05, 3.63) is 47.8 Å². The van der Waals surface area contributed by atoms with Crippen molar-refractivity contribution < 1.29 is 0 Å². The zero-order valence-corrected chi connectivity index (χ0v) is 10.1. The molecule has 0 saturated carbocycles. The molecule has 2 rings (SSSR count). The van der Waals surface area contributed by atoms with Crippen LogP contribution in [0.1, 0.15) is 11.1 Å². The molecule has 0 amide bonds. The molecule has 0 aliphatic carbocycles. The maximum atomic E-state index is 4.40. The summed E-state index contributed by atoms with van der Waals surface area (Å²) in [7, 11) is 1.86. The molecular formula is C13H16N4. The van der Waals surface area contributed by atoms with Crippen LogP contribution in [0.25, 0.3) is 0 Å². The van der Waals surface area contributed by atoms with Gasteiger partial charge in [0.15, 0.2) is 0 Å². The number of hydrogen-bond acceptors (Lipinski definition) is 4. The molecular weight excluding hydrogens is 212 g/mol. The number of hydrogen-bond donors (Lipinski definition) is 2. The number of rotatable bonds is 4. The number of pyridine rings is 2. The Morgan fingerprint density at radius 3 is 2.76 bits per heavy atom. The summed E-state index contributed by atoms with van der Waals surface area (Å²) in [6, 6.07) is 7.88. The fourth-order valence-electron chi connectivity index (χ4n) is 1.56. The lowest BCUT2D eigenvalue weighted by molar-refractivity contribution is 1.07. The van der Waals surface area contributed by atoms with E-state index in [0.717, 1.165) is 18.2 Å². The van der Waals surface area contributed by atoms with Gasteiger partial charge in [-0.15, -0.1) is 0 Å². The molecule has 88 valence electrons. The van der Waals surface area contributed by atoms with Crippen LogP contribution >= 0.6 is 0 Å². The minimum Gasteiger partial charge on any atom is -0.373 e. The largest absolute Gasteiger partial charge is 0.373 e. The highest BCUT2D eigenvalue weighted by Gasteiger charge is 1.99. The standard InChI is InChI=1S/C13H16N4/c1-10-8-15-7-6-11(10)9-16-13-5-3-4-12(14-2)17-13/h3-8H,9H2,1-2H3,(H2,14,16,17). The van der Waals surface area contributed by atoms with Gasteiger partial charge < -0.3 is 10.6 Å². The molecule has 0 radical (unpaired) electrons. The topological polar surface area (TPSA) is 49.8 Å². The molecule has 0 aromatic carbocycles. The minimum atomic E-state index is 0.758. The summed E-state index contributed by atoms with van der Waals surface area (Å²) in [4.78, 5) is 8.47. The maximum Gasteiger partial charge on any atom is 0.128 e. The Hall–Kier alpha value is -2.10. The zero-order valence-electron chi connectivity index (χ0n) is 10.1. The summed E-state index contributed by atoms with van der Waals surface area (Å²) < 4.78 is 0. The van der Waals surface area contributed by atoms with Crippen molar-refractivity contribution in [1.82, 2.24) is 9.97 Å². The van der Waals surface area contributed by atoms with Crippen LogP contribution in [-0.4, -0.2) is 17.0 Å². The lowest BCUT2D eigenvalue weighted by Gasteiger charge is -2.08. The summed E-state index contributed by atoms with van der Waals surface area (Å²) in [5.41, 5.74) is 2.42. The van der Waals surface area contributed by atoms with Gasteiger partial charge >= 0.3 is 0 Å². The van der Waals surface area contributed by atoms with Crippen molar-refractivity contribution in [2.45, 2.75) is 13.5 Å². The third-order valence-corrected chi connectivity index (χ3v) is 2.60. The predicted molar refractivity (Wildman–Crippen MR) is 70.1 cm³/mol. The van der Waals surface area contributed by atoms with Crippen LogP contribution < -0.4 is 10.6 Å². The quantitative estimate of drug-likeness (QED) is 0.844. The van der Waals surface area contributed by atoms with E-state index in [2.05, 4.69) is 27.5 Å². The van der Waals surface area contributed by atoms with E-state index in [1.54, 1.807) is 0 Å². The third-order valence-electron chi connectivity index (χ3n) is 2.60. The fourth-order valence-corrected chi connectivity index (χ4v) is 1.56. The number of nitrogens with zero attached hydrogens (tertiary/aromatic N) is 2. The van der Waals surface area contributed by atoms with Gasteiger partial charge in [0.2, 0.25) is 0 Å². The van der Waals surface area contributed by atoms with E-state index >= 15 is 0 Å². The molecule has 0 saturated heterocycles. The zero-order chi connectivity index (χ0) is 12.1. The SMILES string of the molecule is CNc1cccc(NCc2ccncc2C)n1. The van der Waals surface area contributed by atoms with E-state index in [4.69, 9.17) is 0 Å². The first-order valence-corrected chi connectivity index (χ1v) is 5.58. The Balaban J connectivity index is 2.05. The highest BCUT2D eigenvalue weighted by Crippen LogP contribution is 2.11. The van der Waals surface area contributed by atoms with Crippen LogP contribution in [0, 0.1) is 6.92 Å². The number of nitrogens with one attached hydrogen (secondary N) is 2.